The van der Waals surface area contributed by atoms with Crippen LogP contribution in [0.3, 0.4) is 0 Å². The zero-order chi connectivity index (χ0) is 29.5. The van der Waals surface area contributed by atoms with E-state index < -0.39 is 53.4 Å². The Balaban J connectivity index is 1.81. The van der Waals surface area contributed by atoms with E-state index in [4.69, 9.17) is 4.74 Å². The molecular formula is C25H24F9N5O. The Hall–Kier alpha value is -3.36. The second-order valence-corrected chi connectivity index (χ2v) is 9.47. The summed E-state index contributed by atoms with van der Waals surface area (Å²) in [7, 11) is 1.38. The van der Waals surface area contributed by atoms with Gasteiger partial charge >= 0.3 is 18.5 Å². The van der Waals surface area contributed by atoms with Crippen LogP contribution in [-0.4, -0.2) is 26.8 Å². The van der Waals surface area contributed by atoms with E-state index in [-0.39, 0.29) is 36.6 Å². The van der Waals surface area contributed by atoms with Crippen molar-refractivity contribution in [3.8, 4) is 0 Å². The third kappa shape index (κ3) is 7.04. The van der Waals surface area contributed by atoms with Crippen LogP contribution >= 0.6 is 0 Å². The van der Waals surface area contributed by atoms with Crippen LogP contribution in [0.25, 0.3) is 0 Å². The molecule has 0 N–H and O–H groups in total. The number of tetrazole rings is 1. The van der Waals surface area contributed by atoms with Crippen LogP contribution in [0.5, 0.6) is 0 Å². The van der Waals surface area contributed by atoms with Crippen molar-refractivity contribution in [2.45, 2.75) is 57.5 Å². The molecule has 1 aliphatic carbocycles. The standard InChI is InChI=1S/C25H24F9N5O/c1-3-40-21(15-4-5-15)20-7-6-17(23(26,27)28)10-16(20)13-39(22-35-37-38(2)36-22)12-14-8-18(24(29,30)31)11-19(9-14)25(32,33)34/h6-11,15,21H,3-5,12-13H2,1-2H3/t21-/m1/s1. The Kier molecular flexibility index (Phi) is 8.07. The maximum atomic E-state index is 13.6. The maximum Gasteiger partial charge on any atom is 0.416 e. The molecule has 1 aromatic heterocycles. The van der Waals surface area contributed by atoms with E-state index in [1.165, 1.54) is 18.0 Å². The molecule has 0 unspecified atom stereocenters. The number of rotatable bonds is 9. The van der Waals surface area contributed by atoms with Crippen molar-refractivity contribution in [1.29, 1.82) is 0 Å². The SMILES string of the molecule is CCO[C@@H](c1ccc(C(F)(F)F)cc1CN(Cc1cc(C(F)(F)F)cc(C(F)(F)F)c1)c1nnn(C)n1)C1CC1. The predicted octanol–water partition coefficient (Wildman–Crippen LogP) is 6.96. The summed E-state index contributed by atoms with van der Waals surface area (Å²) in [6.07, 6.45) is -13.8. The molecule has 0 amide bonds. The molecule has 1 heterocycles. The first kappa shape index (κ1) is 29.6. The number of hydrogen-bond donors (Lipinski definition) is 0. The lowest BCUT2D eigenvalue weighted by atomic mass is 9.96. The highest BCUT2D eigenvalue weighted by Gasteiger charge is 2.38. The molecule has 1 atom stereocenters. The number of aromatic nitrogens is 4. The first-order valence-electron chi connectivity index (χ1n) is 12.1. The molecule has 6 nitrogen and oxygen atoms in total. The number of halogens is 9. The normalized spacial score (nSPS) is 15.4. The molecule has 1 aliphatic rings. The van der Waals surface area contributed by atoms with Crippen molar-refractivity contribution >= 4 is 5.95 Å². The van der Waals surface area contributed by atoms with Gasteiger partial charge in [0, 0.05) is 19.7 Å². The minimum Gasteiger partial charge on any atom is -0.374 e. The third-order valence-electron chi connectivity index (χ3n) is 6.34. The third-order valence-corrected chi connectivity index (χ3v) is 6.34. The summed E-state index contributed by atoms with van der Waals surface area (Å²) < 4.78 is 128. The highest BCUT2D eigenvalue weighted by molar-refractivity contribution is 5.42. The van der Waals surface area contributed by atoms with Crippen LogP contribution in [0.15, 0.2) is 36.4 Å². The van der Waals surface area contributed by atoms with Gasteiger partial charge in [-0.1, -0.05) is 11.2 Å². The first-order valence-corrected chi connectivity index (χ1v) is 12.1. The largest absolute Gasteiger partial charge is 0.416 e. The minimum atomic E-state index is -5.07. The number of ether oxygens (including phenoxy) is 1. The lowest BCUT2D eigenvalue weighted by Gasteiger charge is -2.27. The number of anilines is 1. The van der Waals surface area contributed by atoms with Crippen molar-refractivity contribution in [2.24, 2.45) is 13.0 Å². The molecule has 4 rings (SSSR count). The van der Waals surface area contributed by atoms with Gasteiger partial charge in [0.1, 0.15) is 0 Å². The fraction of sp³-hybridized carbons (Fsp3) is 0.480. The second-order valence-electron chi connectivity index (χ2n) is 9.47. The monoisotopic (exact) mass is 581 g/mol. The van der Waals surface area contributed by atoms with Gasteiger partial charge in [0.15, 0.2) is 0 Å². The zero-order valence-corrected chi connectivity index (χ0v) is 21.2. The molecule has 0 bridgehead atoms. The lowest BCUT2D eigenvalue weighted by molar-refractivity contribution is -0.143. The molecule has 1 fully saturated rings. The van der Waals surface area contributed by atoms with Gasteiger partial charge < -0.3 is 9.64 Å². The van der Waals surface area contributed by atoms with Gasteiger partial charge in [-0.25, -0.2) is 0 Å². The van der Waals surface area contributed by atoms with E-state index in [1.807, 2.05) is 0 Å². The summed E-state index contributed by atoms with van der Waals surface area (Å²) in [4.78, 5) is 2.19. The Bertz CT molecular complexity index is 1300. The Labute approximate surface area is 222 Å². The Morgan fingerprint density at radius 3 is 1.95 bits per heavy atom. The van der Waals surface area contributed by atoms with E-state index in [2.05, 4.69) is 15.4 Å². The summed E-state index contributed by atoms with van der Waals surface area (Å²) in [6, 6.07) is 4.23. The molecule has 0 aliphatic heterocycles. The summed E-state index contributed by atoms with van der Waals surface area (Å²) in [5, 5.41) is 11.5. The van der Waals surface area contributed by atoms with E-state index in [9.17, 15) is 39.5 Å². The van der Waals surface area contributed by atoms with Crippen LogP contribution < -0.4 is 4.90 Å². The van der Waals surface area contributed by atoms with Crippen LogP contribution in [-0.2, 0) is 43.4 Å². The van der Waals surface area contributed by atoms with Crippen LogP contribution in [0.1, 0.15) is 59.3 Å². The highest BCUT2D eigenvalue weighted by atomic mass is 19.4. The van der Waals surface area contributed by atoms with Gasteiger partial charge in [0.2, 0.25) is 0 Å². The molecular weight excluding hydrogens is 557 g/mol. The zero-order valence-electron chi connectivity index (χ0n) is 21.2. The van der Waals surface area contributed by atoms with Gasteiger partial charge in [-0.3, -0.25) is 0 Å². The number of nitrogens with zero attached hydrogens (tertiary/aromatic N) is 5. The van der Waals surface area contributed by atoms with Crippen molar-refractivity contribution < 1.29 is 44.3 Å². The fourth-order valence-electron chi connectivity index (χ4n) is 4.39. The molecule has 0 spiro atoms. The van der Waals surface area contributed by atoms with Crippen molar-refractivity contribution in [3.63, 3.8) is 0 Å². The number of aryl methyl sites for hydroxylation is 1. The Morgan fingerprint density at radius 2 is 1.48 bits per heavy atom. The molecule has 2 aromatic carbocycles. The molecule has 218 valence electrons. The molecule has 0 saturated heterocycles. The van der Waals surface area contributed by atoms with E-state index in [0.717, 1.165) is 29.8 Å². The first-order chi connectivity index (χ1) is 18.6. The average Bonchev–Trinajstić information content (AvgIpc) is 3.60. The average molecular weight is 581 g/mol. The topological polar surface area (TPSA) is 56.1 Å². The summed E-state index contributed by atoms with van der Waals surface area (Å²) in [5.74, 6) is -0.132. The second kappa shape index (κ2) is 10.9. The maximum absolute atomic E-state index is 13.6. The quantitative estimate of drug-likeness (QED) is 0.256. The molecule has 3 aromatic rings. The molecule has 15 heteroatoms. The summed E-state index contributed by atoms with van der Waals surface area (Å²) >= 11 is 0. The Morgan fingerprint density at radius 1 is 0.875 bits per heavy atom. The van der Waals surface area contributed by atoms with E-state index in [1.54, 1.807) is 6.92 Å². The fourth-order valence-corrected chi connectivity index (χ4v) is 4.39. The van der Waals surface area contributed by atoms with Crippen molar-refractivity contribution in [3.05, 3.63) is 69.8 Å². The van der Waals surface area contributed by atoms with E-state index >= 15 is 0 Å². The van der Waals surface area contributed by atoms with Crippen LogP contribution in [0.2, 0.25) is 0 Å². The van der Waals surface area contributed by atoms with Crippen molar-refractivity contribution in [1.82, 2.24) is 20.2 Å². The van der Waals surface area contributed by atoms with E-state index in [0.29, 0.717) is 17.7 Å². The lowest BCUT2D eigenvalue weighted by Crippen LogP contribution is -2.26. The van der Waals surface area contributed by atoms with Crippen molar-refractivity contribution in [2.75, 3.05) is 11.5 Å². The molecule has 1 saturated carbocycles. The minimum absolute atomic E-state index is 0.00163. The smallest absolute Gasteiger partial charge is 0.374 e. The molecule has 40 heavy (non-hydrogen) atoms. The van der Waals surface area contributed by atoms with Gasteiger partial charge in [-0.05, 0) is 77.9 Å². The van der Waals surface area contributed by atoms with Gasteiger partial charge in [0.25, 0.3) is 5.95 Å². The molecule has 0 radical (unpaired) electrons. The van der Waals surface area contributed by atoms with Gasteiger partial charge in [0.05, 0.1) is 29.8 Å². The number of benzene rings is 2. The summed E-state index contributed by atoms with van der Waals surface area (Å²) in [6.45, 7) is 1.05. The predicted molar refractivity (Wildman–Crippen MR) is 124 cm³/mol. The number of alkyl halides is 9. The van der Waals surface area contributed by atoms with Crippen LogP contribution in [0.4, 0.5) is 45.5 Å². The highest BCUT2D eigenvalue weighted by Crippen LogP contribution is 2.45. The van der Waals surface area contributed by atoms with Gasteiger partial charge in [-0.2, -0.15) is 44.3 Å². The van der Waals surface area contributed by atoms with Crippen LogP contribution in [0, 0.1) is 5.92 Å². The number of hydrogen-bond acceptors (Lipinski definition) is 5. The van der Waals surface area contributed by atoms with Gasteiger partial charge in [-0.15, -0.1) is 5.10 Å². The summed E-state index contributed by atoms with van der Waals surface area (Å²) in [5.41, 5.74) is -3.85.